The Morgan fingerprint density at radius 2 is 0.472 bits per heavy atom. The van der Waals surface area contributed by atoms with Crippen LogP contribution in [0.3, 0.4) is 0 Å². The summed E-state index contributed by atoms with van der Waals surface area (Å²) in [6.07, 6.45) is 0. The van der Waals surface area contributed by atoms with Crippen molar-refractivity contribution in [3.8, 4) is 0 Å². The first-order valence-corrected chi connectivity index (χ1v) is 17.0. The van der Waals surface area contributed by atoms with Crippen LogP contribution in [-0.2, 0) is 23.0 Å². The maximum atomic E-state index is 2.28. The second kappa shape index (κ2) is 14.8. The predicted molar refractivity (Wildman–Crippen MR) is 177 cm³/mol. The fourth-order valence-corrected chi connectivity index (χ4v) is 5.83. The molecule has 0 radical (unpaired) electrons. The molecule has 204 valence electrons. The number of hydrogen-bond donors (Lipinski definition) is 0. The Morgan fingerprint density at radius 3 is 0.583 bits per heavy atom. The third-order valence-corrected chi connectivity index (χ3v) is 10.1. The SMILES string of the molecule is CC(C)(C)SCc1ccc(CSC(C)(C)C)cc1.CC(C)(C)SCc1ccc(CSC(C)(C)C)cc1. The predicted octanol–water partition coefficient (Wildman–Crippen LogP) is 11.5. The number of hydrogen-bond acceptors (Lipinski definition) is 4. The van der Waals surface area contributed by atoms with Crippen LogP contribution in [0, 0.1) is 0 Å². The summed E-state index contributed by atoms with van der Waals surface area (Å²) in [4.78, 5) is 0. The monoisotopic (exact) mass is 564 g/mol. The van der Waals surface area contributed by atoms with Crippen molar-refractivity contribution in [3.05, 3.63) is 70.8 Å². The summed E-state index contributed by atoms with van der Waals surface area (Å²) in [5.41, 5.74) is 5.72. The molecule has 0 aromatic heterocycles. The summed E-state index contributed by atoms with van der Waals surface area (Å²) in [6.45, 7) is 27.2. The van der Waals surface area contributed by atoms with Gasteiger partial charge in [-0.25, -0.2) is 0 Å². The minimum atomic E-state index is 0.348. The van der Waals surface area contributed by atoms with Crippen molar-refractivity contribution in [3.63, 3.8) is 0 Å². The highest BCUT2D eigenvalue weighted by atomic mass is 32.2. The molecule has 0 unspecified atom stereocenters. The largest absolute Gasteiger partial charge is 0.151 e. The highest BCUT2D eigenvalue weighted by molar-refractivity contribution is 8.00. The first kappa shape index (κ1) is 33.9. The quantitative estimate of drug-likeness (QED) is 0.312. The summed E-state index contributed by atoms with van der Waals surface area (Å²) >= 11 is 8.02. The lowest BCUT2D eigenvalue weighted by Gasteiger charge is -2.18. The second-order valence-electron chi connectivity index (χ2n) is 13.2. The Kier molecular flexibility index (Phi) is 14.0. The Hall–Kier alpha value is -0.160. The molecule has 2 rings (SSSR count). The van der Waals surface area contributed by atoms with Gasteiger partial charge < -0.3 is 0 Å². The van der Waals surface area contributed by atoms with Crippen LogP contribution >= 0.6 is 47.0 Å². The first-order chi connectivity index (χ1) is 16.3. The van der Waals surface area contributed by atoms with E-state index in [0.717, 1.165) is 23.0 Å². The van der Waals surface area contributed by atoms with E-state index in [1.807, 2.05) is 47.0 Å². The Morgan fingerprint density at radius 1 is 0.333 bits per heavy atom. The third-order valence-electron chi connectivity index (χ3n) is 4.73. The van der Waals surface area contributed by atoms with E-state index in [0.29, 0.717) is 19.0 Å². The normalized spacial score (nSPS) is 12.8. The van der Waals surface area contributed by atoms with Crippen LogP contribution in [0.4, 0.5) is 0 Å². The third kappa shape index (κ3) is 19.0. The minimum absolute atomic E-state index is 0.348. The maximum absolute atomic E-state index is 2.28. The van der Waals surface area contributed by atoms with Crippen molar-refractivity contribution in [2.75, 3.05) is 0 Å². The van der Waals surface area contributed by atoms with Crippen LogP contribution < -0.4 is 0 Å². The molecule has 0 heterocycles. The molecule has 36 heavy (non-hydrogen) atoms. The smallest absolute Gasteiger partial charge is 0.0189 e. The molecule has 0 bridgehead atoms. The maximum Gasteiger partial charge on any atom is 0.0189 e. The number of benzene rings is 2. The molecule has 0 nitrogen and oxygen atoms in total. The average Bonchev–Trinajstić information content (AvgIpc) is 2.73. The van der Waals surface area contributed by atoms with Gasteiger partial charge in [0.1, 0.15) is 0 Å². The van der Waals surface area contributed by atoms with Crippen molar-refractivity contribution in [2.45, 2.75) is 125 Å². The molecular formula is C32H52S4. The van der Waals surface area contributed by atoms with Crippen molar-refractivity contribution in [2.24, 2.45) is 0 Å². The summed E-state index contributed by atoms with van der Waals surface area (Å²) in [5, 5.41) is 0. The molecule has 0 saturated carbocycles. The van der Waals surface area contributed by atoms with Gasteiger partial charge in [0.25, 0.3) is 0 Å². The van der Waals surface area contributed by atoms with Crippen molar-refractivity contribution in [1.82, 2.24) is 0 Å². The molecule has 0 aliphatic heterocycles. The van der Waals surface area contributed by atoms with Crippen molar-refractivity contribution >= 4 is 47.0 Å². The van der Waals surface area contributed by atoms with Gasteiger partial charge in [0.2, 0.25) is 0 Å². The van der Waals surface area contributed by atoms with E-state index in [9.17, 15) is 0 Å². The number of rotatable bonds is 8. The summed E-state index contributed by atoms with van der Waals surface area (Å²) in [5.74, 6) is 4.43. The van der Waals surface area contributed by atoms with Crippen molar-refractivity contribution in [1.29, 1.82) is 0 Å². The van der Waals surface area contributed by atoms with E-state index in [4.69, 9.17) is 0 Å². The van der Waals surface area contributed by atoms with Gasteiger partial charge in [0.15, 0.2) is 0 Å². The fourth-order valence-electron chi connectivity index (χ4n) is 2.66. The molecule has 0 atom stereocenters. The van der Waals surface area contributed by atoms with Crippen LogP contribution in [0.2, 0.25) is 0 Å². The molecule has 0 fully saturated rings. The van der Waals surface area contributed by atoms with Crippen LogP contribution in [0.5, 0.6) is 0 Å². The van der Waals surface area contributed by atoms with Gasteiger partial charge in [-0.1, -0.05) is 132 Å². The Balaban J connectivity index is 0.000000360. The van der Waals surface area contributed by atoms with E-state index < -0.39 is 0 Å². The lowest BCUT2D eigenvalue weighted by Crippen LogP contribution is -2.08. The average molecular weight is 565 g/mol. The molecule has 0 N–H and O–H groups in total. The summed E-state index contributed by atoms with van der Waals surface area (Å²) in [6, 6.07) is 18.2. The van der Waals surface area contributed by atoms with E-state index in [1.54, 1.807) is 0 Å². The van der Waals surface area contributed by atoms with Crippen LogP contribution in [0.15, 0.2) is 48.5 Å². The molecule has 2 aromatic carbocycles. The topological polar surface area (TPSA) is 0 Å². The van der Waals surface area contributed by atoms with E-state index in [-0.39, 0.29) is 0 Å². The molecule has 0 aliphatic carbocycles. The van der Waals surface area contributed by atoms with Crippen LogP contribution in [0.1, 0.15) is 105 Å². The summed E-state index contributed by atoms with van der Waals surface area (Å²) < 4.78 is 1.39. The lowest BCUT2D eigenvalue weighted by molar-refractivity contribution is 0.801. The molecular weight excluding hydrogens is 513 g/mol. The van der Waals surface area contributed by atoms with Gasteiger partial charge in [-0.2, -0.15) is 47.0 Å². The van der Waals surface area contributed by atoms with E-state index in [2.05, 4.69) is 132 Å². The van der Waals surface area contributed by atoms with Gasteiger partial charge in [0, 0.05) is 42.0 Å². The van der Waals surface area contributed by atoms with Gasteiger partial charge in [0.05, 0.1) is 0 Å². The minimum Gasteiger partial charge on any atom is -0.151 e. The van der Waals surface area contributed by atoms with Crippen LogP contribution in [0.25, 0.3) is 0 Å². The highest BCUT2D eigenvalue weighted by Gasteiger charge is 2.13. The molecule has 0 spiro atoms. The molecule has 0 aliphatic rings. The second-order valence-corrected chi connectivity index (χ2v) is 20.4. The lowest BCUT2D eigenvalue weighted by atomic mass is 10.2. The van der Waals surface area contributed by atoms with Gasteiger partial charge in [-0.05, 0) is 22.3 Å². The van der Waals surface area contributed by atoms with E-state index >= 15 is 0 Å². The van der Waals surface area contributed by atoms with Gasteiger partial charge in [-0.3, -0.25) is 0 Å². The zero-order valence-electron chi connectivity index (χ0n) is 25.1. The standard InChI is InChI=1S/2C16H26S2/c2*1-15(2,3)17-11-13-7-9-14(10-8-13)12-18-16(4,5)6/h2*7-10H,11-12H2,1-6H3. The molecule has 2 aromatic rings. The zero-order chi connectivity index (χ0) is 27.6. The van der Waals surface area contributed by atoms with Crippen LogP contribution in [-0.4, -0.2) is 19.0 Å². The fraction of sp³-hybridized carbons (Fsp3) is 0.625. The highest BCUT2D eigenvalue weighted by Crippen LogP contribution is 2.31. The Labute approximate surface area is 241 Å². The van der Waals surface area contributed by atoms with Gasteiger partial charge >= 0.3 is 0 Å². The first-order valence-electron chi connectivity index (χ1n) is 13.0. The summed E-state index contributed by atoms with van der Waals surface area (Å²) in [7, 11) is 0. The molecule has 0 amide bonds. The molecule has 4 heteroatoms. The Bertz CT molecular complexity index is 706. The molecule has 0 saturated heterocycles. The van der Waals surface area contributed by atoms with E-state index in [1.165, 1.54) is 22.3 Å². The zero-order valence-corrected chi connectivity index (χ0v) is 28.3. The van der Waals surface area contributed by atoms with Gasteiger partial charge in [-0.15, -0.1) is 0 Å². The van der Waals surface area contributed by atoms with Crippen molar-refractivity contribution < 1.29 is 0 Å². The number of thioether (sulfide) groups is 4.